The molecule has 0 aliphatic carbocycles. The molecular weight excluding hydrogens is 244 g/mol. The third kappa shape index (κ3) is 2.82. The number of hydrogen-bond donors (Lipinski definition) is 2. The molecule has 0 atom stereocenters. The number of aromatic nitrogens is 2. The molecule has 0 unspecified atom stereocenters. The van der Waals surface area contributed by atoms with Crippen molar-refractivity contribution >= 4 is 0 Å². The average molecular weight is 260 g/mol. The second-order valence-electron chi connectivity index (χ2n) is 4.48. The largest absolute Gasteiger partial charge is 0.507 e. The van der Waals surface area contributed by atoms with Crippen LogP contribution in [0.25, 0.3) is 11.4 Å². The minimum atomic E-state index is -0.222. The van der Waals surface area contributed by atoms with Crippen LogP contribution >= 0.6 is 0 Å². The van der Waals surface area contributed by atoms with E-state index in [2.05, 4.69) is 9.97 Å². The zero-order valence-electron chi connectivity index (χ0n) is 11.2. The van der Waals surface area contributed by atoms with Crippen molar-refractivity contribution in [2.45, 2.75) is 20.5 Å². The monoisotopic (exact) mass is 260 g/mol. The lowest BCUT2D eigenvalue weighted by molar-refractivity contribution is 0.181. The second kappa shape index (κ2) is 5.24. The average Bonchev–Trinajstić information content (AvgIpc) is 2.35. The molecular formula is C14H16N2O3. The maximum Gasteiger partial charge on any atom is 0.251 e. The van der Waals surface area contributed by atoms with Crippen molar-refractivity contribution in [3.63, 3.8) is 0 Å². The molecule has 0 fully saturated rings. The molecule has 0 spiro atoms. The van der Waals surface area contributed by atoms with Gasteiger partial charge in [-0.1, -0.05) is 0 Å². The zero-order chi connectivity index (χ0) is 14.0. The summed E-state index contributed by atoms with van der Waals surface area (Å²) in [4.78, 5) is 18.6. The van der Waals surface area contributed by atoms with Crippen LogP contribution in [0.1, 0.15) is 16.8 Å². The van der Waals surface area contributed by atoms with Gasteiger partial charge in [0.05, 0.1) is 12.3 Å². The van der Waals surface area contributed by atoms with Gasteiger partial charge in [0.15, 0.2) is 0 Å². The highest BCUT2D eigenvalue weighted by molar-refractivity contribution is 5.60. The maximum atomic E-state index is 11.6. The van der Waals surface area contributed by atoms with Crippen LogP contribution in [0.15, 0.2) is 23.0 Å². The van der Waals surface area contributed by atoms with Crippen molar-refractivity contribution < 1.29 is 9.84 Å². The van der Waals surface area contributed by atoms with Gasteiger partial charge in [0, 0.05) is 18.7 Å². The Morgan fingerprint density at radius 2 is 1.89 bits per heavy atom. The van der Waals surface area contributed by atoms with Crippen LogP contribution in [0.4, 0.5) is 0 Å². The molecule has 1 heterocycles. The first-order chi connectivity index (χ1) is 9.01. The van der Waals surface area contributed by atoms with Gasteiger partial charge in [-0.15, -0.1) is 0 Å². The second-order valence-corrected chi connectivity index (χ2v) is 4.48. The van der Waals surface area contributed by atoms with E-state index in [4.69, 9.17) is 4.74 Å². The molecule has 19 heavy (non-hydrogen) atoms. The van der Waals surface area contributed by atoms with E-state index in [-0.39, 0.29) is 17.9 Å². The number of aryl methyl sites for hydroxylation is 2. The summed E-state index contributed by atoms with van der Waals surface area (Å²) in [5, 5.41) is 9.76. The first kappa shape index (κ1) is 13.3. The Morgan fingerprint density at radius 3 is 2.47 bits per heavy atom. The van der Waals surface area contributed by atoms with Crippen LogP contribution in [0.3, 0.4) is 0 Å². The molecule has 0 aliphatic heterocycles. The van der Waals surface area contributed by atoms with E-state index in [0.717, 1.165) is 16.7 Å². The van der Waals surface area contributed by atoms with Gasteiger partial charge in [-0.3, -0.25) is 4.79 Å². The number of nitrogens with zero attached hydrogens (tertiary/aromatic N) is 1. The summed E-state index contributed by atoms with van der Waals surface area (Å²) in [6, 6.07) is 4.99. The van der Waals surface area contributed by atoms with Gasteiger partial charge in [0.2, 0.25) is 0 Å². The highest BCUT2D eigenvalue weighted by Gasteiger charge is 2.08. The first-order valence-corrected chi connectivity index (χ1v) is 5.91. The number of phenols is 1. The summed E-state index contributed by atoms with van der Waals surface area (Å²) < 4.78 is 4.99. The highest BCUT2D eigenvalue weighted by atomic mass is 16.5. The van der Waals surface area contributed by atoms with E-state index >= 15 is 0 Å². The smallest absolute Gasteiger partial charge is 0.251 e. The molecule has 0 aliphatic rings. The van der Waals surface area contributed by atoms with Crippen molar-refractivity contribution in [3.8, 4) is 17.1 Å². The van der Waals surface area contributed by atoms with E-state index in [1.807, 2.05) is 13.8 Å². The van der Waals surface area contributed by atoms with Crippen LogP contribution in [0, 0.1) is 13.8 Å². The molecule has 1 aromatic carbocycles. The Kier molecular flexibility index (Phi) is 3.66. The summed E-state index contributed by atoms with van der Waals surface area (Å²) in [5.41, 5.74) is 2.61. The number of aromatic amines is 1. The van der Waals surface area contributed by atoms with Crippen LogP contribution < -0.4 is 5.56 Å². The summed E-state index contributed by atoms with van der Waals surface area (Å²) in [6.07, 6.45) is 0. The van der Waals surface area contributed by atoms with Gasteiger partial charge in [0.1, 0.15) is 11.6 Å². The molecule has 0 saturated heterocycles. The number of benzene rings is 1. The van der Waals surface area contributed by atoms with E-state index in [1.165, 1.54) is 6.07 Å². The third-order valence-electron chi connectivity index (χ3n) is 2.85. The van der Waals surface area contributed by atoms with E-state index in [9.17, 15) is 9.90 Å². The number of aromatic hydroxyl groups is 1. The van der Waals surface area contributed by atoms with Crippen molar-refractivity contribution in [2.75, 3.05) is 7.11 Å². The van der Waals surface area contributed by atoms with Crippen LogP contribution in [0.5, 0.6) is 5.75 Å². The van der Waals surface area contributed by atoms with Crippen LogP contribution in [-0.4, -0.2) is 22.2 Å². The lowest BCUT2D eigenvalue weighted by Crippen LogP contribution is -2.11. The molecule has 1 aromatic heterocycles. The molecule has 5 heteroatoms. The number of H-pyrrole nitrogens is 1. The Balaban J connectivity index is 2.55. The Hall–Kier alpha value is -2.14. The zero-order valence-corrected chi connectivity index (χ0v) is 11.2. The van der Waals surface area contributed by atoms with Gasteiger partial charge in [-0.2, -0.15) is 0 Å². The number of hydrogen-bond acceptors (Lipinski definition) is 4. The Morgan fingerprint density at radius 1 is 1.26 bits per heavy atom. The SMILES string of the molecule is COCc1cc(=O)[nH]c(-c2cc(C)c(O)c(C)c2)n1. The molecule has 5 nitrogen and oxygen atoms in total. The lowest BCUT2D eigenvalue weighted by atomic mass is 10.1. The normalized spacial score (nSPS) is 10.7. The van der Waals surface area contributed by atoms with Gasteiger partial charge in [-0.05, 0) is 37.1 Å². The number of nitrogens with one attached hydrogen (secondary N) is 1. The summed E-state index contributed by atoms with van der Waals surface area (Å²) in [5.74, 6) is 0.741. The molecule has 0 amide bonds. The van der Waals surface area contributed by atoms with Gasteiger partial charge < -0.3 is 14.8 Å². The fourth-order valence-electron chi connectivity index (χ4n) is 1.96. The quantitative estimate of drug-likeness (QED) is 0.884. The first-order valence-electron chi connectivity index (χ1n) is 5.91. The molecule has 0 saturated carbocycles. The Labute approximate surface area is 110 Å². The molecule has 0 radical (unpaired) electrons. The molecule has 0 bridgehead atoms. The third-order valence-corrected chi connectivity index (χ3v) is 2.85. The number of rotatable bonds is 3. The van der Waals surface area contributed by atoms with E-state index in [0.29, 0.717) is 11.5 Å². The van der Waals surface area contributed by atoms with E-state index < -0.39 is 0 Å². The number of ether oxygens (including phenoxy) is 1. The van der Waals surface area contributed by atoms with Crippen molar-refractivity contribution in [3.05, 3.63) is 45.4 Å². The highest BCUT2D eigenvalue weighted by Crippen LogP contribution is 2.27. The number of methoxy groups -OCH3 is 1. The molecule has 100 valence electrons. The predicted molar refractivity (Wildman–Crippen MR) is 72.1 cm³/mol. The van der Waals surface area contributed by atoms with Crippen LogP contribution in [-0.2, 0) is 11.3 Å². The molecule has 2 aromatic rings. The minimum absolute atomic E-state index is 0.222. The van der Waals surface area contributed by atoms with E-state index in [1.54, 1.807) is 19.2 Å². The fraction of sp³-hybridized carbons (Fsp3) is 0.286. The van der Waals surface area contributed by atoms with Crippen molar-refractivity contribution in [1.82, 2.24) is 9.97 Å². The fourth-order valence-corrected chi connectivity index (χ4v) is 1.96. The topological polar surface area (TPSA) is 75.2 Å². The summed E-state index contributed by atoms with van der Waals surface area (Å²) >= 11 is 0. The van der Waals surface area contributed by atoms with Gasteiger partial charge >= 0.3 is 0 Å². The lowest BCUT2D eigenvalue weighted by Gasteiger charge is -2.08. The standard InChI is InChI=1S/C14H16N2O3/c1-8-4-10(5-9(2)13(8)18)14-15-11(7-19-3)6-12(17)16-14/h4-6,18H,7H2,1-3H3,(H,15,16,17). The summed E-state index contributed by atoms with van der Waals surface area (Å²) in [7, 11) is 1.55. The number of phenolic OH excluding ortho intramolecular Hbond substituents is 1. The van der Waals surface area contributed by atoms with Crippen molar-refractivity contribution in [1.29, 1.82) is 0 Å². The van der Waals surface area contributed by atoms with Crippen molar-refractivity contribution in [2.24, 2.45) is 0 Å². The van der Waals surface area contributed by atoms with Crippen LogP contribution in [0.2, 0.25) is 0 Å². The molecule has 2 rings (SSSR count). The molecule has 2 N–H and O–H groups in total. The predicted octanol–water partition coefficient (Wildman–Crippen LogP) is 1.91. The van der Waals surface area contributed by atoms with Gasteiger partial charge in [-0.25, -0.2) is 4.98 Å². The summed E-state index contributed by atoms with van der Waals surface area (Å²) in [6.45, 7) is 3.90. The Bertz CT molecular complexity index is 639. The maximum absolute atomic E-state index is 11.6. The minimum Gasteiger partial charge on any atom is -0.507 e. The van der Waals surface area contributed by atoms with Gasteiger partial charge in [0.25, 0.3) is 5.56 Å².